The summed E-state index contributed by atoms with van der Waals surface area (Å²) in [5.74, 6) is 0. The van der Waals surface area contributed by atoms with Gasteiger partial charge in [-0.1, -0.05) is 30.3 Å². The lowest BCUT2D eigenvalue weighted by atomic mass is 9.79. The number of nitrogens with zero attached hydrogens (tertiary/aromatic N) is 3. The molecule has 1 fully saturated rings. The van der Waals surface area contributed by atoms with Crippen molar-refractivity contribution in [1.29, 1.82) is 0 Å². The Morgan fingerprint density at radius 1 is 1.27 bits per heavy atom. The van der Waals surface area contributed by atoms with Gasteiger partial charge in [0.25, 0.3) is 5.56 Å². The Kier molecular flexibility index (Phi) is 4.58. The molecular weight excluding hydrogens is 334 g/mol. The van der Waals surface area contributed by atoms with Crippen molar-refractivity contribution in [2.75, 3.05) is 6.54 Å². The van der Waals surface area contributed by atoms with Gasteiger partial charge in [0.2, 0.25) is 0 Å². The molecule has 1 aliphatic heterocycles. The summed E-state index contributed by atoms with van der Waals surface area (Å²) in [5, 5.41) is 20.3. The molecule has 2 N–H and O–H groups in total. The third-order valence-corrected chi connectivity index (χ3v) is 4.94. The van der Waals surface area contributed by atoms with E-state index in [9.17, 15) is 19.8 Å². The van der Waals surface area contributed by atoms with Crippen LogP contribution in [0.25, 0.3) is 11.3 Å². The number of rotatable bonds is 3. The van der Waals surface area contributed by atoms with Gasteiger partial charge in [-0.3, -0.25) is 9.36 Å². The maximum absolute atomic E-state index is 12.5. The van der Waals surface area contributed by atoms with Crippen LogP contribution in [0.4, 0.5) is 4.79 Å². The largest absolute Gasteiger partial charge is 0.465 e. The fraction of sp³-hybridized carbons (Fsp3) is 0.421. The first-order valence-corrected chi connectivity index (χ1v) is 8.55. The van der Waals surface area contributed by atoms with Crippen LogP contribution in [-0.4, -0.2) is 48.4 Å². The van der Waals surface area contributed by atoms with Crippen LogP contribution in [0.1, 0.15) is 26.7 Å². The maximum atomic E-state index is 12.5. The van der Waals surface area contributed by atoms with Gasteiger partial charge in [-0.25, -0.2) is 9.78 Å². The fourth-order valence-electron chi connectivity index (χ4n) is 3.73. The summed E-state index contributed by atoms with van der Waals surface area (Å²) in [6, 6.07) is 10.9. The standard InChI is InChI=1S/C19H23N3O4/c1-18(2)11-19(26,8-9-22(18)17(24)25)12-21-13-20-15(10-16(21)23)14-6-4-3-5-7-14/h3-7,10,13,26H,8-9,11-12H2,1-2H3,(H,24,25). The van der Waals surface area contributed by atoms with Crippen LogP contribution in [0, 0.1) is 0 Å². The number of likely N-dealkylation sites (tertiary alicyclic amines) is 1. The molecule has 0 aliphatic carbocycles. The van der Waals surface area contributed by atoms with E-state index in [0.717, 1.165) is 5.56 Å². The second kappa shape index (κ2) is 6.57. The first kappa shape index (κ1) is 18.1. The molecule has 2 aromatic rings. The van der Waals surface area contributed by atoms with E-state index in [0.29, 0.717) is 5.69 Å². The number of aromatic nitrogens is 2. The third kappa shape index (κ3) is 3.62. The summed E-state index contributed by atoms with van der Waals surface area (Å²) in [6.45, 7) is 3.88. The van der Waals surface area contributed by atoms with Gasteiger partial charge in [-0.15, -0.1) is 0 Å². The lowest BCUT2D eigenvalue weighted by molar-refractivity contribution is -0.0762. The summed E-state index contributed by atoms with van der Waals surface area (Å²) in [6.07, 6.45) is 0.969. The van der Waals surface area contributed by atoms with Gasteiger partial charge in [0.15, 0.2) is 0 Å². The van der Waals surface area contributed by atoms with E-state index in [1.807, 2.05) is 30.3 Å². The monoisotopic (exact) mass is 357 g/mol. The molecule has 26 heavy (non-hydrogen) atoms. The number of hydrogen-bond acceptors (Lipinski definition) is 4. The smallest absolute Gasteiger partial charge is 0.407 e. The van der Waals surface area contributed by atoms with Crippen LogP contribution in [0.15, 0.2) is 47.5 Å². The predicted octanol–water partition coefficient (Wildman–Crippen LogP) is 2.19. The first-order valence-electron chi connectivity index (χ1n) is 8.55. The Morgan fingerprint density at radius 3 is 2.54 bits per heavy atom. The molecule has 1 atom stereocenters. The molecule has 7 nitrogen and oxygen atoms in total. The molecule has 0 bridgehead atoms. The normalized spacial score (nSPS) is 22.2. The van der Waals surface area contributed by atoms with Crippen LogP contribution in [0.3, 0.4) is 0 Å². The van der Waals surface area contributed by atoms with Crippen molar-refractivity contribution >= 4 is 6.09 Å². The van der Waals surface area contributed by atoms with Crippen LogP contribution in [0.2, 0.25) is 0 Å². The van der Waals surface area contributed by atoms with Crippen molar-refractivity contribution in [2.45, 2.75) is 44.4 Å². The van der Waals surface area contributed by atoms with Gasteiger partial charge in [-0.05, 0) is 20.3 Å². The van der Waals surface area contributed by atoms with Gasteiger partial charge >= 0.3 is 6.09 Å². The molecule has 1 aromatic carbocycles. The lowest BCUT2D eigenvalue weighted by Gasteiger charge is -2.48. The highest BCUT2D eigenvalue weighted by atomic mass is 16.4. The SMILES string of the molecule is CC1(C)CC(O)(Cn2cnc(-c3ccccc3)cc2=O)CCN1C(=O)O. The van der Waals surface area contributed by atoms with E-state index >= 15 is 0 Å². The van der Waals surface area contributed by atoms with Crippen molar-refractivity contribution < 1.29 is 15.0 Å². The van der Waals surface area contributed by atoms with Crippen molar-refractivity contribution in [1.82, 2.24) is 14.5 Å². The number of hydrogen-bond donors (Lipinski definition) is 2. The third-order valence-electron chi connectivity index (χ3n) is 4.94. The Bertz CT molecular complexity index is 863. The second-order valence-corrected chi connectivity index (χ2v) is 7.50. The molecule has 1 unspecified atom stereocenters. The molecule has 0 spiro atoms. The van der Waals surface area contributed by atoms with E-state index in [1.54, 1.807) is 13.8 Å². The van der Waals surface area contributed by atoms with E-state index in [4.69, 9.17) is 0 Å². The highest BCUT2D eigenvalue weighted by molar-refractivity contribution is 5.66. The number of amides is 1. The van der Waals surface area contributed by atoms with Crippen LogP contribution in [0.5, 0.6) is 0 Å². The molecule has 138 valence electrons. The fourth-order valence-corrected chi connectivity index (χ4v) is 3.73. The van der Waals surface area contributed by atoms with Gasteiger partial charge in [-0.2, -0.15) is 0 Å². The Morgan fingerprint density at radius 2 is 1.96 bits per heavy atom. The Hall–Kier alpha value is -2.67. The number of carbonyl (C=O) groups is 1. The van der Waals surface area contributed by atoms with Crippen molar-refractivity contribution in [2.24, 2.45) is 0 Å². The molecule has 2 heterocycles. The minimum atomic E-state index is -1.16. The zero-order valence-electron chi connectivity index (χ0n) is 14.9. The van der Waals surface area contributed by atoms with Crippen molar-refractivity contribution in [3.63, 3.8) is 0 Å². The molecule has 1 aromatic heterocycles. The molecule has 7 heteroatoms. The van der Waals surface area contributed by atoms with E-state index < -0.39 is 17.2 Å². The minimum Gasteiger partial charge on any atom is -0.465 e. The highest BCUT2D eigenvalue weighted by Gasteiger charge is 2.45. The molecule has 3 rings (SSSR count). The average molecular weight is 357 g/mol. The van der Waals surface area contributed by atoms with E-state index in [2.05, 4.69) is 4.98 Å². The number of piperidine rings is 1. The van der Waals surface area contributed by atoms with Crippen molar-refractivity contribution in [3.8, 4) is 11.3 Å². The van der Waals surface area contributed by atoms with E-state index in [1.165, 1.54) is 21.9 Å². The maximum Gasteiger partial charge on any atom is 0.407 e. The molecule has 1 aliphatic rings. The Labute approximate surface area is 151 Å². The van der Waals surface area contributed by atoms with Crippen LogP contribution < -0.4 is 5.56 Å². The number of carboxylic acid groups (broad SMARTS) is 1. The van der Waals surface area contributed by atoms with Crippen LogP contribution >= 0.6 is 0 Å². The first-order chi connectivity index (χ1) is 12.2. The predicted molar refractivity (Wildman–Crippen MR) is 96.9 cm³/mol. The summed E-state index contributed by atoms with van der Waals surface area (Å²) in [7, 11) is 0. The summed E-state index contributed by atoms with van der Waals surface area (Å²) >= 11 is 0. The lowest BCUT2D eigenvalue weighted by Crippen LogP contribution is -2.59. The zero-order valence-corrected chi connectivity index (χ0v) is 14.9. The van der Waals surface area contributed by atoms with E-state index in [-0.39, 0.29) is 31.5 Å². The average Bonchev–Trinajstić information content (AvgIpc) is 2.56. The summed E-state index contributed by atoms with van der Waals surface area (Å²) < 4.78 is 1.39. The van der Waals surface area contributed by atoms with Gasteiger partial charge in [0.1, 0.15) is 0 Å². The highest BCUT2D eigenvalue weighted by Crippen LogP contribution is 2.35. The van der Waals surface area contributed by atoms with Gasteiger partial charge in [0.05, 0.1) is 24.2 Å². The van der Waals surface area contributed by atoms with Gasteiger partial charge < -0.3 is 15.1 Å². The number of benzene rings is 1. The summed E-state index contributed by atoms with van der Waals surface area (Å²) in [5.41, 5.74) is -0.674. The van der Waals surface area contributed by atoms with Crippen LogP contribution in [-0.2, 0) is 6.54 Å². The number of aliphatic hydroxyl groups is 1. The molecule has 0 saturated carbocycles. The summed E-state index contributed by atoms with van der Waals surface area (Å²) in [4.78, 5) is 29.5. The minimum absolute atomic E-state index is 0.0881. The van der Waals surface area contributed by atoms with Crippen molar-refractivity contribution in [3.05, 3.63) is 53.1 Å². The topological polar surface area (TPSA) is 95.7 Å². The molecule has 1 saturated heterocycles. The quantitative estimate of drug-likeness (QED) is 0.878. The van der Waals surface area contributed by atoms with Gasteiger partial charge in [0, 0.05) is 30.1 Å². The second-order valence-electron chi connectivity index (χ2n) is 7.50. The molecular formula is C19H23N3O4. The molecule has 0 radical (unpaired) electrons. The molecule has 1 amide bonds. The zero-order chi connectivity index (χ0) is 18.9. The Balaban J connectivity index is 1.81.